The summed E-state index contributed by atoms with van der Waals surface area (Å²) in [6, 6.07) is 2.13. The molecule has 2 fully saturated rings. The average Bonchev–Trinajstić information content (AvgIpc) is 3.26. The number of carbonyl (C=O) groups excluding carboxylic acids is 2. The summed E-state index contributed by atoms with van der Waals surface area (Å²) in [4.78, 5) is 27.8. The number of urea groups is 1. The lowest BCUT2D eigenvalue weighted by atomic mass is 9.77. The van der Waals surface area contributed by atoms with Crippen molar-refractivity contribution in [2.75, 3.05) is 33.8 Å². The number of hydrogen-bond donors (Lipinski definition) is 1. The first-order chi connectivity index (χ1) is 12.8. The van der Waals surface area contributed by atoms with Gasteiger partial charge in [-0.1, -0.05) is 0 Å². The smallest absolute Gasteiger partial charge is 0.317 e. The summed E-state index contributed by atoms with van der Waals surface area (Å²) in [5, 5.41) is 7.39. The van der Waals surface area contributed by atoms with Gasteiger partial charge in [-0.25, -0.2) is 4.79 Å². The first-order valence-corrected chi connectivity index (χ1v) is 9.71. The van der Waals surface area contributed by atoms with Crippen LogP contribution in [0.3, 0.4) is 0 Å². The van der Waals surface area contributed by atoms with Crippen molar-refractivity contribution in [3.8, 4) is 0 Å². The summed E-state index contributed by atoms with van der Waals surface area (Å²) in [6.07, 6.45) is 5.38. The highest BCUT2D eigenvalue weighted by Gasteiger charge is 2.45. The van der Waals surface area contributed by atoms with Crippen molar-refractivity contribution < 1.29 is 14.3 Å². The predicted octanol–water partition coefficient (Wildman–Crippen LogP) is 1.36. The minimum absolute atomic E-state index is 0.00953. The largest absolute Gasteiger partial charge is 0.366 e. The number of aromatic nitrogens is 2. The third-order valence-electron chi connectivity index (χ3n) is 5.57. The summed E-state index contributed by atoms with van der Waals surface area (Å²) < 4.78 is 7.98. The Kier molecular flexibility index (Phi) is 6.04. The molecule has 1 aliphatic heterocycles. The lowest BCUT2D eigenvalue weighted by Crippen LogP contribution is -2.41. The molecule has 1 aliphatic carbocycles. The molecule has 2 heterocycles. The van der Waals surface area contributed by atoms with E-state index in [-0.39, 0.29) is 36.7 Å². The number of carbonyl (C=O) groups is 2. The first kappa shape index (κ1) is 19.7. The van der Waals surface area contributed by atoms with Gasteiger partial charge in [-0.3, -0.25) is 9.48 Å². The van der Waals surface area contributed by atoms with Crippen LogP contribution in [0.2, 0.25) is 0 Å². The molecule has 1 saturated heterocycles. The Hall–Kier alpha value is -2.09. The normalized spacial score (nSPS) is 27.5. The van der Waals surface area contributed by atoms with Crippen molar-refractivity contribution in [1.82, 2.24) is 24.9 Å². The molecule has 0 radical (unpaired) electrons. The van der Waals surface area contributed by atoms with Gasteiger partial charge in [-0.05, 0) is 44.6 Å². The third-order valence-corrected chi connectivity index (χ3v) is 5.57. The Labute approximate surface area is 160 Å². The summed E-state index contributed by atoms with van der Waals surface area (Å²) in [5.41, 5.74) is 0. The van der Waals surface area contributed by atoms with Gasteiger partial charge in [0, 0.05) is 45.6 Å². The molecule has 27 heavy (non-hydrogen) atoms. The number of amides is 3. The second-order valence-electron chi connectivity index (χ2n) is 8.19. The maximum Gasteiger partial charge on any atom is 0.317 e. The second kappa shape index (κ2) is 8.29. The fourth-order valence-electron chi connectivity index (χ4n) is 4.14. The summed E-state index contributed by atoms with van der Waals surface area (Å²) in [5.74, 6) is 0.788. The number of fused-ring (bicyclic) bond motifs is 1. The molecule has 3 amide bonds. The number of likely N-dealkylation sites (tertiary alicyclic amines) is 1. The molecule has 0 unspecified atom stereocenters. The Morgan fingerprint density at radius 3 is 2.56 bits per heavy atom. The molecule has 8 heteroatoms. The zero-order chi connectivity index (χ0) is 19.6. The maximum atomic E-state index is 12.4. The van der Waals surface area contributed by atoms with Crippen molar-refractivity contribution in [3.63, 3.8) is 0 Å². The van der Waals surface area contributed by atoms with Crippen LogP contribution in [0.4, 0.5) is 4.79 Å². The van der Waals surface area contributed by atoms with Crippen molar-refractivity contribution in [2.24, 2.45) is 11.8 Å². The first-order valence-electron chi connectivity index (χ1n) is 9.71. The van der Waals surface area contributed by atoms with Crippen LogP contribution < -0.4 is 5.32 Å². The van der Waals surface area contributed by atoms with Gasteiger partial charge in [-0.15, -0.1) is 0 Å². The van der Waals surface area contributed by atoms with E-state index in [1.165, 1.54) is 0 Å². The fourth-order valence-corrected chi connectivity index (χ4v) is 4.14. The van der Waals surface area contributed by atoms with E-state index in [1.54, 1.807) is 25.2 Å². The Balaban J connectivity index is 1.68. The van der Waals surface area contributed by atoms with Gasteiger partial charge in [-0.2, -0.15) is 5.10 Å². The zero-order valence-electron chi connectivity index (χ0n) is 16.7. The third kappa shape index (κ3) is 4.61. The van der Waals surface area contributed by atoms with E-state index in [9.17, 15) is 9.59 Å². The van der Waals surface area contributed by atoms with Crippen LogP contribution >= 0.6 is 0 Å². The highest BCUT2D eigenvalue weighted by Crippen LogP contribution is 2.42. The minimum atomic E-state index is -0.0804. The summed E-state index contributed by atoms with van der Waals surface area (Å²) in [6.45, 7) is 5.53. The van der Waals surface area contributed by atoms with E-state index in [1.807, 2.05) is 35.7 Å². The molecule has 1 aromatic heterocycles. The molecular formula is C19H31N5O3. The van der Waals surface area contributed by atoms with E-state index >= 15 is 0 Å². The van der Waals surface area contributed by atoms with Crippen LogP contribution in [0.25, 0.3) is 0 Å². The van der Waals surface area contributed by atoms with Crippen LogP contribution in [0.5, 0.6) is 0 Å². The lowest BCUT2D eigenvalue weighted by Gasteiger charge is -2.37. The molecule has 1 N–H and O–H groups in total. The highest BCUT2D eigenvalue weighted by molar-refractivity contribution is 5.76. The number of hydrogen-bond acceptors (Lipinski definition) is 4. The van der Waals surface area contributed by atoms with E-state index in [0.29, 0.717) is 11.8 Å². The lowest BCUT2D eigenvalue weighted by molar-refractivity contribution is -0.138. The molecule has 1 aromatic rings. The average molecular weight is 377 g/mol. The molecule has 1 saturated carbocycles. The van der Waals surface area contributed by atoms with Crippen LogP contribution in [0.15, 0.2) is 18.5 Å². The fraction of sp³-hybridized carbons (Fsp3) is 0.737. The zero-order valence-corrected chi connectivity index (χ0v) is 16.7. The van der Waals surface area contributed by atoms with Gasteiger partial charge in [0.25, 0.3) is 0 Å². The quantitative estimate of drug-likeness (QED) is 0.840. The minimum Gasteiger partial charge on any atom is -0.366 e. The van der Waals surface area contributed by atoms with E-state index in [4.69, 9.17) is 4.74 Å². The number of rotatable bonds is 5. The van der Waals surface area contributed by atoms with Gasteiger partial charge in [0.2, 0.25) is 5.91 Å². The highest BCUT2D eigenvalue weighted by atomic mass is 16.5. The van der Waals surface area contributed by atoms with E-state index in [2.05, 4.69) is 10.4 Å². The van der Waals surface area contributed by atoms with Crippen LogP contribution in [-0.2, 0) is 9.53 Å². The number of nitrogens with one attached hydrogen (secondary N) is 1. The van der Waals surface area contributed by atoms with Gasteiger partial charge < -0.3 is 19.9 Å². The van der Waals surface area contributed by atoms with Crippen molar-refractivity contribution >= 4 is 11.9 Å². The van der Waals surface area contributed by atoms with E-state index in [0.717, 1.165) is 25.9 Å². The molecule has 2 aliphatic rings. The van der Waals surface area contributed by atoms with Crippen LogP contribution in [0, 0.1) is 11.8 Å². The topological polar surface area (TPSA) is 79.7 Å². The van der Waals surface area contributed by atoms with Gasteiger partial charge in [0.15, 0.2) is 0 Å². The Morgan fingerprint density at radius 2 is 1.96 bits per heavy atom. The summed E-state index contributed by atoms with van der Waals surface area (Å²) in [7, 11) is 3.46. The predicted molar refractivity (Wildman–Crippen MR) is 101 cm³/mol. The number of nitrogens with zero attached hydrogens (tertiary/aromatic N) is 4. The van der Waals surface area contributed by atoms with Crippen LogP contribution in [-0.4, -0.2) is 77.5 Å². The molecule has 8 nitrogen and oxygen atoms in total. The SMILES string of the molecule is CC(C)NC(=O)N1C[C@H]2C[C@H](OCC(=O)N(C)C)[C@@H](n3cccn3)C[C@H]2C1. The molecule has 0 bridgehead atoms. The Bertz CT molecular complexity index is 646. The van der Waals surface area contributed by atoms with E-state index < -0.39 is 0 Å². The molecule has 0 spiro atoms. The molecule has 4 atom stereocenters. The number of likely N-dealkylation sites (N-methyl/N-ethyl adjacent to an activating group) is 1. The maximum absolute atomic E-state index is 12.4. The molecule has 150 valence electrons. The monoisotopic (exact) mass is 377 g/mol. The molecular weight excluding hydrogens is 346 g/mol. The number of ether oxygens (including phenoxy) is 1. The van der Waals surface area contributed by atoms with Crippen LogP contribution in [0.1, 0.15) is 32.7 Å². The molecule has 3 rings (SSSR count). The molecule has 0 aromatic carbocycles. The second-order valence-corrected chi connectivity index (χ2v) is 8.19. The standard InChI is InChI=1S/C19H31N5O3/c1-13(2)21-19(26)23-10-14-8-16(24-7-5-6-20-24)17(9-15(14)11-23)27-12-18(25)22(3)4/h5-7,13-17H,8-12H2,1-4H3,(H,21,26)/t14-,15+,16-,17-/m0/s1. The Morgan fingerprint density at radius 1 is 1.26 bits per heavy atom. The van der Waals surface area contributed by atoms with Gasteiger partial charge >= 0.3 is 6.03 Å². The summed E-state index contributed by atoms with van der Waals surface area (Å²) >= 11 is 0. The van der Waals surface area contributed by atoms with Gasteiger partial charge in [0.1, 0.15) is 6.61 Å². The van der Waals surface area contributed by atoms with Crippen molar-refractivity contribution in [3.05, 3.63) is 18.5 Å². The van der Waals surface area contributed by atoms with Crippen molar-refractivity contribution in [1.29, 1.82) is 0 Å². The van der Waals surface area contributed by atoms with Gasteiger partial charge in [0.05, 0.1) is 12.1 Å². The van der Waals surface area contributed by atoms with Crippen molar-refractivity contribution in [2.45, 2.75) is 44.9 Å².